The van der Waals surface area contributed by atoms with Crippen LogP contribution < -0.4 is 10.0 Å². The first-order valence-electron chi connectivity index (χ1n) is 6.07. The van der Waals surface area contributed by atoms with Crippen molar-refractivity contribution in [3.8, 4) is 0 Å². The van der Waals surface area contributed by atoms with Crippen molar-refractivity contribution in [2.75, 3.05) is 19.6 Å². The fourth-order valence-electron chi connectivity index (χ4n) is 1.67. The van der Waals surface area contributed by atoms with Gasteiger partial charge >= 0.3 is 0 Å². The van der Waals surface area contributed by atoms with E-state index >= 15 is 0 Å². The molecule has 0 fully saturated rings. The van der Waals surface area contributed by atoms with Gasteiger partial charge in [0.15, 0.2) is 0 Å². The van der Waals surface area contributed by atoms with Crippen molar-refractivity contribution in [2.45, 2.75) is 18.2 Å². The van der Waals surface area contributed by atoms with Crippen molar-refractivity contribution in [1.82, 2.24) is 18.8 Å². The summed E-state index contributed by atoms with van der Waals surface area (Å²) < 4.78 is 35.0. The zero-order valence-corrected chi connectivity index (χ0v) is 12.2. The molecule has 104 valence electrons. The van der Waals surface area contributed by atoms with Crippen LogP contribution in [-0.4, -0.2) is 36.8 Å². The Morgan fingerprint density at radius 2 is 2.11 bits per heavy atom. The van der Waals surface area contributed by atoms with Crippen LogP contribution in [0.4, 0.5) is 0 Å². The highest BCUT2D eigenvalue weighted by Gasteiger charge is 2.18. The number of aromatic nitrogens is 2. The quantitative estimate of drug-likeness (QED) is 0.744. The third-order valence-corrected chi connectivity index (χ3v) is 4.65. The van der Waals surface area contributed by atoms with E-state index in [1.54, 1.807) is 18.2 Å². The zero-order valence-electron chi connectivity index (χ0n) is 10.6. The Labute approximate surface area is 116 Å². The Hall–Kier alpha value is -1.09. The second-order valence-corrected chi connectivity index (χ2v) is 6.26. The van der Waals surface area contributed by atoms with Gasteiger partial charge in [0.1, 0.15) is 15.9 Å². The van der Waals surface area contributed by atoms with Gasteiger partial charge in [0.05, 0.1) is 11.7 Å². The largest absolute Gasteiger partial charge is 0.317 e. The number of hydrogen-bond donors (Lipinski definition) is 2. The van der Waals surface area contributed by atoms with Gasteiger partial charge in [-0.3, -0.25) is 0 Å². The van der Waals surface area contributed by atoms with Crippen LogP contribution in [0.2, 0.25) is 0 Å². The summed E-state index contributed by atoms with van der Waals surface area (Å²) in [6.07, 6.45) is 0.748. The minimum absolute atomic E-state index is 0.196. The second kappa shape index (κ2) is 6.38. The lowest BCUT2D eigenvalue weighted by Crippen LogP contribution is -2.27. The molecule has 0 unspecified atom stereocenters. The second-order valence-electron chi connectivity index (χ2n) is 3.99. The lowest BCUT2D eigenvalue weighted by atomic mass is 10.3. The van der Waals surface area contributed by atoms with E-state index in [1.165, 1.54) is 0 Å². The third kappa shape index (κ3) is 3.47. The monoisotopic (exact) mass is 300 g/mol. The first kappa shape index (κ1) is 14.3. The molecule has 6 nitrogen and oxygen atoms in total. The predicted molar refractivity (Wildman–Crippen MR) is 75.8 cm³/mol. The molecule has 1 aromatic carbocycles. The van der Waals surface area contributed by atoms with Gasteiger partial charge in [-0.05, 0) is 31.6 Å². The van der Waals surface area contributed by atoms with Gasteiger partial charge in [0.2, 0.25) is 10.0 Å². The zero-order chi connectivity index (χ0) is 13.7. The van der Waals surface area contributed by atoms with Crippen LogP contribution in [0.25, 0.3) is 11.0 Å². The molecule has 0 radical (unpaired) electrons. The van der Waals surface area contributed by atoms with Gasteiger partial charge in [0, 0.05) is 6.54 Å². The molecular weight excluding hydrogens is 284 g/mol. The SMILES string of the molecule is CCNCCCNS(=O)(=O)c1cccc2nsnc12. The molecule has 0 aliphatic heterocycles. The van der Waals surface area contributed by atoms with E-state index in [0.29, 0.717) is 17.6 Å². The van der Waals surface area contributed by atoms with Crippen LogP contribution in [0.5, 0.6) is 0 Å². The summed E-state index contributed by atoms with van der Waals surface area (Å²) in [4.78, 5) is 0.196. The van der Waals surface area contributed by atoms with Gasteiger partial charge in [-0.25, -0.2) is 13.1 Å². The number of benzene rings is 1. The highest BCUT2D eigenvalue weighted by atomic mass is 32.2. The van der Waals surface area contributed by atoms with E-state index in [0.717, 1.165) is 31.2 Å². The number of fused-ring (bicyclic) bond motifs is 1. The van der Waals surface area contributed by atoms with Crippen LogP contribution in [0.1, 0.15) is 13.3 Å². The minimum atomic E-state index is -3.52. The summed E-state index contributed by atoms with van der Waals surface area (Å²) in [6.45, 7) is 4.10. The van der Waals surface area contributed by atoms with Crippen molar-refractivity contribution in [2.24, 2.45) is 0 Å². The summed E-state index contributed by atoms with van der Waals surface area (Å²) in [5.41, 5.74) is 1.05. The first-order chi connectivity index (χ1) is 9.15. The van der Waals surface area contributed by atoms with E-state index in [1.807, 2.05) is 6.92 Å². The molecule has 0 spiro atoms. The van der Waals surface area contributed by atoms with Crippen LogP contribution in [0.3, 0.4) is 0 Å². The summed E-state index contributed by atoms with van der Waals surface area (Å²) >= 11 is 1.02. The van der Waals surface area contributed by atoms with Gasteiger partial charge in [-0.15, -0.1) is 0 Å². The number of sulfonamides is 1. The Kier molecular flexibility index (Phi) is 4.81. The van der Waals surface area contributed by atoms with E-state index in [9.17, 15) is 8.42 Å². The Balaban J connectivity index is 2.09. The van der Waals surface area contributed by atoms with Crippen molar-refractivity contribution in [3.05, 3.63) is 18.2 Å². The highest BCUT2D eigenvalue weighted by Crippen LogP contribution is 2.20. The Morgan fingerprint density at radius 3 is 2.89 bits per heavy atom. The van der Waals surface area contributed by atoms with Gasteiger partial charge in [-0.2, -0.15) is 8.75 Å². The lowest BCUT2D eigenvalue weighted by molar-refractivity contribution is 0.576. The highest BCUT2D eigenvalue weighted by molar-refractivity contribution is 7.89. The van der Waals surface area contributed by atoms with Gasteiger partial charge in [-0.1, -0.05) is 13.0 Å². The molecule has 0 saturated heterocycles. The number of hydrogen-bond acceptors (Lipinski definition) is 6. The van der Waals surface area contributed by atoms with Crippen molar-refractivity contribution in [3.63, 3.8) is 0 Å². The summed E-state index contributed by atoms with van der Waals surface area (Å²) in [7, 11) is -3.52. The number of rotatable bonds is 7. The fraction of sp³-hybridized carbons (Fsp3) is 0.455. The maximum Gasteiger partial charge on any atom is 0.242 e. The van der Waals surface area contributed by atoms with Crippen molar-refractivity contribution in [1.29, 1.82) is 0 Å². The molecule has 2 rings (SSSR count). The standard InChI is InChI=1S/C11H16N4O2S2/c1-2-12-7-4-8-13-19(16,17)10-6-3-5-9-11(10)15-18-14-9/h3,5-6,12-13H,2,4,7-8H2,1H3. The van der Waals surface area contributed by atoms with E-state index in [-0.39, 0.29) is 4.90 Å². The smallest absolute Gasteiger partial charge is 0.242 e. The van der Waals surface area contributed by atoms with Crippen LogP contribution in [0, 0.1) is 0 Å². The van der Waals surface area contributed by atoms with Crippen LogP contribution in [-0.2, 0) is 10.0 Å². The summed E-state index contributed by atoms with van der Waals surface area (Å²) in [6, 6.07) is 4.98. The number of nitrogens with zero attached hydrogens (tertiary/aromatic N) is 2. The molecule has 0 atom stereocenters. The Bertz CT molecular complexity index is 639. The molecule has 1 aromatic heterocycles. The topological polar surface area (TPSA) is 84.0 Å². The fourth-order valence-corrected chi connectivity index (χ4v) is 3.51. The molecule has 19 heavy (non-hydrogen) atoms. The molecular formula is C11H16N4O2S2. The lowest BCUT2D eigenvalue weighted by Gasteiger charge is -2.07. The van der Waals surface area contributed by atoms with Gasteiger partial charge in [0.25, 0.3) is 0 Å². The first-order valence-corrected chi connectivity index (χ1v) is 8.28. The molecule has 0 bridgehead atoms. The molecule has 0 saturated carbocycles. The molecule has 8 heteroatoms. The average Bonchev–Trinajstić information content (AvgIpc) is 2.86. The molecule has 2 N–H and O–H groups in total. The van der Waals surface area contributed by atoms with Crippen molar-refractivity contribution < 1.29 is 8.42 Å². The summed E-state index contributed by atoms with van der Waals surface area (Å²) in [5.74, 6) is 0. The average molecular weight is 300 g/mol. The maximum atomic E-state index is 12.2. The van der Waals surface area contributed by atoms with E-state index in [2.05, 4.69) is 18.8 Å². The molecule has 0 aliphatic carbocycles. The number of nitrogens with one attached hydrogen (secondary N) is 2. The summed E-state index contributed by atoms with van der Waals surface area (Å²) in [5, 5.41) is 3.14. The molecule has 0 amide bonds. The predicted octanol–water partition coefficient (Wildman–Crippen LogP) is 0.969. The normalized spacial score (nSPS) is 12.1. The van der Waals surface area contributed by atoms with Crippen LogP contribution >= 0.6 is 11.7 Å². The van der Waals surface area contributed by atoms with Gasteiger partial charge < -0.3 is 5.32 Å². The third-order valence-electron chi connectivity index (χ3n) is 2.61. The minimum Gasteiger partial charge on any atom is -0.317 e. The Morgan fingerprint density at radius 1 is 1.26 bits per heavy atom. The maximum absolute atomic E-state index is 12.2. The van der Waals surface area contributed by atoms with E-state index < -0.39 is 10.0 Å². The molecule has 1 heterocycles. The van der Waals surface area contributed by atoms with Crippen LogP contribution in [0.15, 0.2) is 23.1 Å². The van der Waals surface area contributed by atoms with Crippen molar-refractivity contribution >= 4 is 32.8 Å². The molecule has 2 aromatic rings. The van der Waals surface area contributed by atoms with E-state index in [4.69, 9.17) is 0 Å². The molecule has 0 aliphatic rings.